The summed E-state index contributed by atoms with van der Waals surface area (Å²) in [6.07, 6.45) is 0. The molecule has 0 spiro atoms. The molecule has 0 saturated heterocycles. The van der Waals surface area contributed by atoms with Gasteiger partial charge in [0.1, 0.15) is 6.54 Å². The van der Waals surface area contributed by atoms with Gasteiger partial charge in [-0.25, -0.2) is 4.68 Å². The second-order valence-corrected chi connectivity index (χ2v) is 6.55. The lowest BCUT2D eigenvalue weighted by Crippen LogP contribution is -2.11. The van der Waals surface area contributed by atoms with Crippen molar-refractivity contribution in [1.29, 1.82) is 0 Å². The largest absolute Gasteiger partial charge is 0.480 e. The quantitative estimate of drug-likeness (QED) is 0.779. The highest BCUT2D eigenvalue weighted by Crippen LogP contribution is 2.36. The molecule has 0 bridgehead atoms. The van der Waals surface area contributed by atoms with Crippen molar-refractivity contribution in [2.24, 2.45) is 0 Å². The molecule has 21 heavy (non-hydrogen) atoms. The first-order valence-electron chi connectivity index (χ1n) is 6.03. The molecule has 2 heterocycles. The van der Waals surface area contributed by atoms with Crippen molar-refractivity contribution in [3.63, 3.8) is 0 Å². The van der Waals surface area contributed by atoms with Gasteiger partial charge in [-0.05, 0) is 34.7 Å². The summed E-state index contributed by atoms with van der Waals surface area (Å²) in [6.45, 7) is -0.249. The van der Waals surface area contributed by atoms with Crippen molar-refractivity contribution in [3.8, 4) is 10.7 Å². The molecule has 0 aliphatic heterocycles. The van der Waals surface area contributed by atoms with E-state index < -0.39 is 5.97 Å². The van der Waals surface area contributed by atoms with Gasteiger partial charge in [0.15, 0.2) is 5.82 Å². The maximum atomic E-state index is 10.8. The summed E-state index contributed by atoms with van der Waals surface area (Å²) >= 11 is 3.18. The standard InChI is InChI=1S/C13H10N4O2S2/c18-11(19)8-17-13(14-15-16-17)10-6-7-12(21-10)20-9-4-2-1-3-5-9/h1-7H,8H2,(H,18,19). The second kappa shape index (κ2) is 6.06. The Morgan fingerprint density at radius 2 is 2.05 bits per heavy atom. The number of carboxylic acid groups (broad SMARTS) is 1. The van der Waals surface area contributed by atoms with Crippen molar-refractivity contribution < 1.29 is 9.90 Å². The molecule has 1 N–H and O–H groups in total. The van der Waals surface area contributed by atoms with E-state index in [1.807, 2.05) is 42.5 Å². The van der Waals surface area contributed by atoms with E-state index in [2.05, 4.69) is 15.5 Å². The maximum Gasteiger partial charge on any atom is 0.325 e. The average Bonchev–Trinajstić information content (AvgIpc) is 3.08. The van der Waals surface area contributed by atoms with Crippen molar-refractivity contribution in [3.05, 3.63) is 42.5 Å². The van der Waals surface area contributed by atoms with E-state index >= 15 is 0 Å². The van der Waals surface area contributed by atoms with Crippen LogP contribution in [-0.4, -0.2) is 31.3 Å². The van der Waals surface area contributed by atoms with Gasteiger partial charge in [0, 0.05) is 4.90 Å². The minimum atomic E-state index is -0.973. The number of aromatic nitrogens is 4. The molecule has 3 rings (SSSR count). The number of hydrogen-bond acceptors (Lipinski definition) is 6. The molecule has 8 heteroatoms. The third kappa shape index (κ3) is 3.29. The van der Waals surface area contributed by atoms with Gasteiger partial charge in [0.05, 0.1) is 9.09 Å². The van der Waals surface area contributed by atoms with Crippen LogP contribution in [0.1, 0.15) is 0 Å². The summed E-state index contributed by atoms with van der Waals surface area (Å²) in [5.41, 5.74) is 0. The topological polar surface area (TPSA) is 80.9 Å². The lowest BCUT2D eigenvalue weighted by Gasteiger charge is -1.98. The second-order valence-electron chi connectivity index (χ2n) is 4.09. The molecule has 3 aromatic rings. The third-order valence-corrected chi connectivity index (χ3v) is 4.80. The number of rotatable bonds is 5. The first kappa shape index (κ1) is 13.8. The van der Waals surface area contributed by atoms with Crippen LogP contribution in [0.15, 0.2) is 51.6 Å². The van der Waals surface area contributed by atoms with Crippen molar-refractivity contribution in [2.75, 3.05) is 0 Å². The fraction of sp³-hybridized carbons (Fsp3) is 0.0769. The highest BCUT2D eigenvalue weighted by atomic mass is 32.2. The smallest absolute Gasteiger partial charge is 0.325 e. The number of aliphatic carboxylic acids is 1. The minimum Gasteiger partial charge on any atom is -0.480 e. The summed E-state index contributed by atoms with van der Waals surface area (Å²) in [4.78, 5) is 12.8. The molecule has 0 saturated carbocycles. The molecule has 0 aliphatic rings. The molecule has 0 radical (unpaired) electrons. The van der Waals surface area contributed by atoms with Crippen LogP contribution in [0, 0.1) is 0 Å². The van der Waals surface area contributed by atoms with Crippen LogP contribution >= 0.6 is 23.1 Å². The molecule has 0 unspecified atom stereocenters. The van der Waals surface area contributed by atoms with Gasteiger partial charge in [-0.3, -0.25) is 4.79 Å². The Kier molecular flexibility index (Phi) is 3.98. The fourth-order valence-corrected chi connectivity index (χ4v) is 3.83. The molecule has 2 aromatic heterocycles. The van der Waals surface area contributed by atoms with Gasteiger partial charge >= 0.3 is 5.97 Å². The zero-order valence-corrected chi connectivity index (χ0v) is 12.3. The van der Waals surface area contributed by atoms with Gasteiger partial charge < -0.3 is 5.11 Å². The normalized spacial score (nSPS) is 10.7. The van der Waals surface area contributed by atoms with Crippen LogP contribution in [0.3, 0.4) is 0 Å². The predicted octanol–water partition coefficient (Wildman–Crippen LogP) is 2.64. The molecule has 0 aliphatic carbocycles. The van der Waals surface area contributed by atoms with E-state index in [0.717, 1.165) is 14.0 Å². The number of hydrogen-bond donors (Lipinski definition) is 1. The summed E-state index contributed by atoms with van der Waals surface area (Å²) < 4.78 is 2.38. The highest BCUT2D eigenvalue weighted by Gasteiger charge is 2.14. The first-order valence-corrected chi connectivity index (χ1v) is 7.67. The summed E-state index contributed by atoms with van der Waals surface area (Å²) in [6, 6.07) is 13.9. The molecule has 6 nitrogen and oxygen atoms in total. The van der Waals surface area contributed by atoms with Gasteiger partial charge in [-0.2, -0.15) is 0 Å². The Morgan fingerprint density at radius 1 is 1.24 bits per heavy atom. The average molecular weight is 318 g/mol. The molecule has 0 amide bonds. The minimum absolute atomic E-state index is 0.249. The Labute approximate surface area is 128 Å². The lowest BCUT2D eigenvalue weighted by molar-refractivity contribution is -0.137. The summed E-state index contributed by atoms with van der Waals surface area (Å²) in [5, 5.41) is 20.0. The third-order valence-electron chi connectivity index (χ3n) is 2.58. The van der Waals surface area contributed by atoms with Crippen molar-refractivity contribution in [2.45, 2.75) is 15.6 Å². The molecule has 1 aromatic carbocycles. The van der Waals surface area contributed by atoms with Crippen molar-refractivity contribution in [1.82, 2.24) is 20.2 Å². The zero-order valence-electron chi connectivity index (χ0n) is 10.7. The van der Waals surface area contributed by atoms with Crippen LogP contribution in [0.2, 0.25) is 0 Å². The number of carbonyl (C=O) groups is 1. The van der Waals surface area contributed by atoms with Gasteiger partial charge in [0.2, 0.25) is 0 Å². The van der Waals surface area contributed by atoms with Crippen molar-refractivity contribution >= 4 is 29.1 Å². The number of thiophene rings is 1. The first-order chi connectivity index (χ1) is 10.2. The summed E-state index contributed by atoms with van der Waals surface area (Å²) in [7, 11) is 0. The Morgan fingerprint density at radius 3 is 2.81 bits per heavy atom. The number of nitrogens with zero attached hydrogens (tertiary/aromatic N) is 4. The molecule has 0 atom stereocenters. The SMILES string of the molecule is O=C(O)Cn1nnnc1-c1ccc(Sc2ccccc2)s1. The van der Waals surface area contributed by atoms with Crippen LogP contribution < -0.4 is 0 Å². The Balaban J connectivity index is 1.82. The number of tetrazole rings is 1. The van der Waals surface area contributed by atoms with Gasteiger partial charge in [-0.1, -0.05) is 30.0 Å². The maximum absolute atomic E-state index is 10.8. The lowest BCUT2D eigenvalue weighted by atomic mass is 10.4. The summed E-state index contributed by atoms with van der Waals surface area (Å²) in [5.74, 6) is -0.499. The van der Waals surface area contributed by atoms with Gasteiger partial charge in [0.25, 0.3) is 0 Å². The predicted molar refractivity (Wildman–Crippen MR) is 79.3 cm³/mol. The highest BCUT2D eigenvalue weighted by molar-refractivity contribution is 8.01. The van der Waals surface area contributed by atoms with Crippen LogP contribution in [-0.2, 0) is 11.3 Å². The molecular formula is C13H10N4O2S2. The Hall–Kier alpha value is -2.19. The van der Waals surface area contributed by atoms with E-state index in [-0.39, 0.29) is 6.54 Å². The molecule has 106 valence electrons. The Bertz CT molecular complexity index is 754. The monoisotopic (exact) mass is 318 g/mol. The van der Waals surface area contributed by atoms with Crippen LogP contribution in [0.4, 0.5) is 0 Å². The van der Waals surface area contributed by atoms with Gasteiger partial charge in [-0.15, -0.1) is 16.4 Å². The number of benzene rings is 1. The fourth-order valence-electron chi connectivity index (χ4n) is 1.72. The van der Waals surface area contributed by atoms with Crippen LogP contribution in [0.25, 0.3) is 10.7 Å². The molecular weight excluding hydrogens is 308 g/mol. The van der Waals surface area contributed by atoms with E-state index in [4.69, 9.17) is 5.11 Å². The van der Waals surface area contributed by atoms with Crippen LogP contribution in [0.5, 0.6) is 0 Å². The van der Waals surface area contributed by atoms with E-state index in [1.165, 1.54) is 16.0 Å². The van der Waals surface area contributed by atoms with E-state index in [0.29, 0.717) is 5.82 Å². The number of carboxylic acids is 1. The van der Waals surface area contributed by atoms with E-state index in [1.54, 1.807) is 11.8 Å². The van der Waals surface area contributed by atoms with E-state index in [9.17, 15) is 4.79 Å². The zero-order chi connectivity index (χ0) is 14.7. The molecule has 0 fully saturated rings.